The van der Waals surface area contributed by atoms with Gasteiger partial charge in [0.05, 0.1) is 0 Å². The minimum atomic E-state index is -1.01. The first kappa shape index (κ1) is 19.9. The third-order valence-corrected chi connectivity index (χ3v) is 4.88. The molecular weight excluding hydrogens is 332 g/mol. The van der Waals surface area contributed by atoms with Crippen LogP contribution in [0.3, 0.4) is 0 Å². The predicted molar refractivity (Wildman–Crippen MR) is 99.0 cm³/mol. The second kappa shape index (κ2) is 9.36. The molecule has 1 heterocycles. The lowest BCUT2D eigenvalue weighted by Gasteiger charge is -2.28. The van der Waals surface area contributed by atoms with E-state index in [0.717, 1.165) is 19.3 Å². The van der Waals surface area contributed by atoms with Crippen LogP contribution in [-0.2, 0) is 16.0 Å². The lowest BCUT2D eigenvalue weighted by atomic mass is 10.1. The number of likely N-dealkylation sites (tertiary alicyclic amines) is 1. The second-order valence-electron chi connectivity index (χ2n) is 6.86. The molecule has 1 N–H and O–H groups in total. The van der Waals surface area contributed by atoms with Gasteiger partial charge in [-0.15, -0.1) is 0 Å². The van der Waals surface area contributed by atoms with Gasteiger partial charge in [-0.25, -0.2) is 0 Å². The smallest absolute Gasteiger partial charge is 0.323 e. The highest BCUT2D eigenvalue weighted by Gasteiger charge is 2.27. The van der Waals surface area contributed by atoms with E-state index >= 15 is 0 Å². The van der Waals surface area contributed by atoms with Crippen molar-refractivity contribution in [1.29, 1.82) is 0 Å². The minimum Gasteiger partial charge on any atom is -0.480 e. The number of benzene rings is 1. The molecule has 1 aromatic carbocycles. The Morgan fingerprint density at radius 2 is 1.85 bits per heavy atom. The number of carbonyl (C=O) groups excluding carboxylic acids is 2. The van der Waals surface area contributed by atoms with E-state index < -0.39 is 5.97 Å². The van der Waals surface area contributed by atoms with Crippen LogP contribution in [0.15, 0.2) is 24.3 Å². The number of carboxylic acids is 1. The highest BCUT2D eigenvalue weighted by Crippen LogP contribution is 2.19. The summed E-state index contributed by atoms with van der Waals surface area (Å²) in [5, 5.41) is 9.02. The Labute approximate surface area is 154 Å². The van der Waals surface area contributed by atoms with Gasteiger partial charge in [-0.05, 0) is 43.4 Å². The molecule has 1 saturated heterocycles. The van der Waals surface area contributed by atoms with Crippen molar-refractivity contribution < 1.29 is 19.5 Å². The lowest BCUT2D eigenvalue weighted by molar-refractivity contribution is -0.145. The Kier molecular flexibility index (Phi) is 7.18. The van der Waals surface area contributed by atoms with E-state index in [0.29, 0.717) is 31.5 Å². The van der Waals surface area contributed by atoms with Gasteiger partial charge in [0.2, 0.25) is 5.91 Å². The van der Waals surface area contributed by atoms with Crippen LogP contribution in [0.2, 0.25) is 0 Å². The van der Waals surface area contributed by atoms with Crippen LogP contribution in [0.25, 0.3) is 0 Å². The fourth-order valence-corrected chi connectivity index (χ4v) is 3.52. The van der Waals surface area contributed by atoms with Crippen molar-refractivity contribution in [3.63, 3.8) is 0 Å². The number of hydrogen-bond acceptors (Lipinski definition) is 3. The minimum absolute atomic E-state index is 0.00121. The molecule has 0 aliphatic carbocycles. The molecule has 26 heavy (non-hydrogen) atoms. The van der Waals surface area contributed by atoms with Gasteiger partial charge in [0.1, 0.15) is 6.54 Å². The first-order valence-electron chi connectivity index (χ1n) is 9.29. The number of aryl methyl sites for hydroxylation is 1. The summed E-state index contributed by atoms with van der Waals surface area (Å²) in [6.07, 6.45) is 4.15. The fraction of sp³-hybridized carbons (Fsp3) is 0.550. The van der Waals surface area contributed by atoms with Crippen molar-refractivity contribution in [2.75, 3.05) is 19.6 Å². The number of carboxylic acid groups (broad SMARTS) is 1. The maximum absolute atomic E-state index is 12.8. The number of rotatable bonds is 6. The number of aliphatic carboxylic acids is 1. The summed E-state index contributed by atoms with van der Waals surface area (Å²) < 4.78 is 0. The van der Waals surface area contributed by atoms with Crippen LogP contribution in [0.4, 0.5) is 0 Å². The summed E-state index contributed by atoms with van der Waals surface area (Å²) in [6.45, 7) is 4.40. The van der Waals surface area contributed by atoms with Gasteiger partial charge < -0.3 is 14.9 Å². The Balaban J connectivity index is 2.01. The molecule has 0 saturated carbocycles. The predicted octanol–water partition coefficient (Wildman–Crippen LogP) is 2.57. The van der Waals surface area contributed by atoms with Crippen molar-refractivity contribution in [3.05, 3.63) is 35.4 Å². The van der Waals surface area contributed by atoms with Crippen molar-refractivity contribution in [2.45, 2.75) is 52.0 Å². The van der Waals surface area contributed by atoms with Gasteiger partial charge in [-0.2, -0.15) is 0 Å². The van der Waals surface area contributed by atoms with Gasteiger partial charge in [0.15, 0.2) is 0 Å². The zero-order chi connectivity index (χ0) is 19.1. The maximum atomic E-state index is 12.8. The van der Waals surface area contributed by atoms with E-state index in [1.807, 2.05) is 29.2 Å². The Hall–Kier alpha value is -2.37. The fourth-order valence-electron chi connectivity index (χ4n) is 3.52. The normalized spacial score (nSPS) is 17.5. The number of hydrogen-bond donors (Lipinski definition) is 1. The lowest BCUT2D eigenvalue weighted by Crippen LogP contribution is -2.43. The first-order valence-corrected chi connectivity index (χ1v) is 9.29. The second-order valence-corrected chi connectivity index (χ2v) is 6.86. The molecule has 0 aromatic heterocycles. The standard InChI is InChI=1S/C20H28N2O4/c1-3-5-16-7-9-17(10-8-16)20(26)21-12-4-6-18(11-13-21)22(15(2)23)14-19(24)25/h7-10,18H,3-6,11-14H2,1-2H3,(H,24,25). The Bertz CT molecular complexity index is 642. The van der Waals surface area contributed by atoms with Crippen LogP contribution in [0.5, 0.6) is 0 Å². The molecule has 0 radical (unpaired) electrons. The molecule has 1 unspecified atom stereocenters. The van der Waals surface area contributed by atoms with Gasteiger partial charge >= 0.3 is 5.97 Å². The molecule has 1 aromatic rings. The topological polar surface area (TPSA) is 77.9 Å². The third kappa shape index (κ3) is 5.31. The highest BCUT2D eigenvalue weighted by atomic mass is 16.4. The van der Waals surface area contributed by atoms with E-state index in [1.54, 1.807) is 0 Å². The van der Waals surface area contributed by atoms with Gasteiger partial charge in [-0.1, -0.05) is 25.5 Å². The van der Waals surface area contributed by atoms with E-state index in [9.17, 15) is 14.4 Å². The molecule has 0 bridgehead atoms. The highest BCUT2D eigenvalue weighted by molar-refractivity contribution is 5.94. The average Bonchev–Trinajstić information content (AvgIpc) is 2.85. The van der Waals surface area contributed by atoms with E-state index in [4.69, 9.17) is 5.11 Å². The molecule has 1 aliphatic rings. The molecule has 1 fully saturated rings. The SMILES string of the molecule is CCCc1ccc(C(=O)N2CCCC(N(CC(=O)O)C(C)=O)CC2)cc1. The zero-order valence-corrected chi connectivity index (χ0v) is 15.6. The van der Waals surface area contributed by atoms with Crippen molar-refractivity contribution in [2.24, 2.45) is 0 Å². The van der Waals surface area contributed by atoms with Gasteiger partial charge in [0, 0.05) is 31.6 Å². The molecule has 6 heteroatoms. The van der Waals surface area contributed by atoms with Crippen molar-refractivity contribution >= 4 is 17.8 Å². The van der Waals surface area contributed by atoms with E-state index in [1.165, 1.54) is 17.4 Å². The zero-order valence-electron chi connectivity index (χ0n) is 15.6. The average molecular weight is 360 g/mol. The summed E-state index contributed by atoms with van der Waals surface area (Å²) in [7, 11) is 0. The molecule has 6 nitrogen and oxygen atoms in total. The molecule has 1 aliphatic heterocycles. The first-order chi connectivity index (χ1) is 12.4. The van der Waals surface area contributed by atoms with E-state index in [-0.39, 0.29) is 24.4 Å². The van der Waals surface area contributed by atoms with Crippen LogP contribution in [0.1, 0.15) is 55.5 Å². The molecule has 2 rings (SSSR count). The molecule has 1 atom stereocenters. The molecular formula is C20H28N2O4. The van der Waals surface area contributed by atoms with Crippen molar-refractivity contribution in [1.82, 2.24) is 9.80 Å². The Morgan fingerprint density at radius 3 is 2.42 bits per heavy atom. The number of nitrogens with zero attached hydrogens (tertiary/aromatic N) is 2. The Morgan fingerprint density at radius 1 is 1.15 bits per heavy atom. The number of carbonyl (C=O) groups is 3. The van der Waals surface area contributed by atoms with Crippen LogP contribution in [0, 0.1) is 0 Å². The quantitative estimate of drug-likeness (QED) is 0.846. The number of amides is 2. The van der Waals surface area contributed by atoms with Gasteiger partial charge in [-0.3, -0.25) is 14.4 Å². The van der Waals surface area contributed by atoms with Crippen LogP contribution < -0.4 is 0 Å². The van der Waals surface area contributed by atoms with Crippen LogP contribution in [-0.4, -0.2) is 58.4 Å². The summed E-state index contributed by atoms with van der Waals surface area (Å²) >= 11 is 0. The third-order valence-electron chi connectivity index (χ3n) is 4.88. The van der Waals surface area contributed by atoms with E-state index in [2.05, 4.69) is 6.92 Å². The molecule has 142 valence electrons. The van der Waals surface area contributed by atoms with Gasteiger partial charge in [0.25, 0.3) is 5.91 Å². The maximum Gasteiger partial charge on any atom is 0.323 e. The summed E-state index contributed by atoms with van der Waals surface area (Å²) in [6, 6.07) is 7.63. The largest absolute Gasteiger partial charge is 0.480 e. The summed E-state index contributed by atoms with van der Waals surface area (Å²) in [4.78, 5) is 38.8. The van der Waals surface area contributed by atoms with Crippen LogP contribution >= 0.6 is 0 Å². The summed E-state index contributed by atoms with van der Waals surface area (Å²) in [5.41, 5.74) is 1.91. The monoisotopic (exact) mass is 360 g/mol. The molecule has 2 amide bonds. The molecule has 0 spiro atoms. The summed E-state index contributed by atoms with van der Waals surface area (Å²) in [5.74, 6) is -1.24. The van der Waals surface area contributed by atoms with Crippen molar-refractivity contribution in [3.8, 4) is 0 Å².